The van der Waals surface area contributed by atoms with Gasteiger partial charge in [0.25, 0.3) is 0 Å². The third-order valence-corrected chi connectivity index (χ3v) is 7.37. The van der Waals surface area contributed by atoms with Gasteiger partial charge in [0, 0.05) is 35.6 Å². The molecule has 0 spiro atoms. The number of nitrogens with zero attached hydrogens (tertiary/aromatic N) is 2. The number of fused-ring (bicyclic) bond motifs is 2. The standard InChI is InChI=1S/C23H22N2O2S2/c1-15-7-10-28-21(15)14-25-8-9-27-22-17(13-25)11-16(12-19(22)26-2)23-24-18-5-3-4-6-20(18)29-23/h3-7,10-12H,8-9,13-14H2,1-2H3. The molecule has 4 nitrogen and oxygen atoms in total. The molecule has 0 saturated heterocycles. The van der Waals surface area contributed by atoms with Gasteiger partial charge in [0.1, 0.15) is 11.6 Å². The molecule has 1 aliphatic rings. The van der Waals surface area contributed by atoms with Crippen LogP contribution in [0.4, 0.5) is 0 Å². The third kappa shape index (κ3) is 3.64. The van der Waals surface area contributed by atoms with Crippen molar-refractivity contribution in [2.75, 3.05) is 20.3 Å². The Bertz CT molecular complexity index is 1130. The molecule has 0 unspecified atom stereocenters. The van der Waals surface area contributed by atoms with E-state index >= 15 is 0 Å². The van der Waals surface area contributed by atoms with Crippen LogP contribution in [0.15, 0.2) is 47.8 Å². The van der Waals surface area contributed by atoms with E-state index in [2.05, 4.69) is 53.6 Å². The molecule has 0 aliphatic carbocycles. The van der Waals surface area contributed by atoms with Crippen LogP contribution in [0, 0.1) is 6.92 Å². The first-order chi connectivity index (χ1) is 14.2. The Labute approximate surface area is 178 Å². The highest BCUT2D eigenvalue weighted by molar-refractivity contribution is 7.21. The van der Waals surface area contributed by atoms with E-state index in [0.29, 0.717) is 6.61 Å². The van der Waals surface area contributed by atoms with Gasteiger partial charge in [-0.25, -0.2) is 4.98 Å². The SMILES string of the molecule is COc1cc(-c2nc3ccccc3s2)cc2c1OCCN(Cc1sccc1C)C2. The quantitative estimate of drug-likeness (QED) is 0.420. The second-order valence-electron chi connectivity index (χ2n) is 7.24. The molecule has 0 N–H and O–H groups in total. The number of benzene rings is 2. The average Bonchev–Trinajstić information content (AvgIpc) is 3.28. The van der Waals surface area contributed by atoms with Crippen molar-refractivity contribution in [1.29, 1.82) is 0 Å². The number of hydrogen-bond acceptors (Lipinski definition) is 6. The summed E-state index contributed by atoms with van der Waals surface area (Å²) in [5.41, 5.74) is 4.64. The molecule has 0 saturated carbocycles. The number of ether oxygens (including phenoxy) is 2. The first-order valence-corrected chi connectivity index (χ1v) is 11.4. The number of thiazole rings is 1. The Kier molecular flexibility index (Phi) is 4.99. The lowest BCUT2D eigenvalue weighted by Crippen LogP contribution is -2.25. The summed E-state index contributed by atoms with van der Waals surface area (Å²) in [6.07, 6.45) is 0. The number of thiophene rings is 1. The zero-order chi connectivity index (χ0) is 19.8. The molecule has 2 aromatic carbocycles. The van der Waals surface area contributed by atoms with Crippen LogP contribution in [0.25, 0.3) is 20.8 Å². The molecule has 6 heteroatoms. The smallest absolute Gasteiger partial charge is 0.165 e. The summed E-state index contributed by atoms with van der Waals surface area (Å²) < 4.78 is 13.0. The van der Waals surface area contributed by atoms with Crippen LogP contribution in [0.3, 0.4) is 0 Å². The van der Waals surface area contributed by atoms with Crippen molar-refractivity contribution in [2.45, 2.75) is 20.0 Å². The summed E-state index contributed by atoms with van der Waals surface area (Å²) in [7, 11) is 1.71. The molecule has 3 heterocycles. The number of hydrogen-bond donors (Lipinski definition) is 0. The van der Waals surface area contributed by atoms with E-state index in [1.165, 1.54) is 15.1 Å². The molecular formula is C23H22N2O2S2. The van der Waals surface area contributed by atoms with Crippen LogP contribution >= 0.6 is 22.7 Å². The molecule has 148 valence electrons. The van der Waals surface area contributed by atoms with Gasteiger partial charge in [-0.15, -0.1) is 22.7 Å². The molecule has 0 atom stereocenters. The second kappa shape index (κ2) is 7.78. The van der Waals surface area contributed by atoms with Crippen molar-refractivity contribution in [3.05, 3.63) is 63.8 Å². The minimum Gasteiger partial charge on any atom is -0.493 e. The minimum absolute atomic E-state index is 0.661. The van der Waals surface area contributed by atoms with Crippen LogP contribution in [0.5, 0.6) is 11.5 Å². The predicted molar refractivity (Wildman–Crippen MR) is 120 cm³/mol. The fourth-order valence-corrected chi connectivity index (χ4v) is 5.61. The molecule has 5 rings (SSSR count). The van der Waals surface area contributed by atoms with Crippen LogP contribution in [0.1, 0.15) is 16.0 Å². The van der Waals surface area contributed by atoms with Gasteiger partial charge in [-0.1, -0.05) is 12.1 Å². The Morgan fingerprint density at radius 3 is 2.90 bits per heavy atom. The van der Waals surface area contributed by atoms with Crippen molar-refractivity contribution in [2.24, 2.45) is 0 Å². The Balaban J connectivity index is 1.52. The molecule has 29 heavy (non-hydrogen) atoms. The predicted octanol–water partition coefficient (Wildman–Crippen LogP) is 5.74. The fourth-order valence-electron chi connectivity index (χ4n) is 3.71. The van der Waals surface area contributed by atoms with E-state index in [1.54, 1.807) is 18.4 Å². The Morgan fingerprint density at radius 1 is 1.21 bits per heavy atom. The van der Waals surface area contributed by atoms with Crippen molar-refractivity contribution in [1.82, 2.24) is 9.88 Å². The van der Waals surface area contributed by atoms with Gasteiger partial charge < -0.3 is 9.47 Å². The lowest BCUT2D eigenvalue weighted by Gasteiger charge is -2.19. The third-order valence-electron chi connectivity index (χ3n) is 5.28. The zero-order valence-corrected chi connectivity index (χ0v) is 18.1. The van der Waals surface area contributed by atoms with E-state index in [0.717, 1.165) is 52.8 Å². The molecule has 4 aromatic rings. The van der Waals surface area contributed by atoms with Gasteiger partial charge >= 0.3 is 0 Å². The van der Waals surface area contributed by atoms with E-state index in [4.69, 9.17) is 14.5 Å². The van der Waals surface area contributed by atoms with Crippen molar-refractivity contribution >= 4 is 32.9 Å². The molecule has 0 radical (unpaired) electrons. The van der Waals surface area contributed by atoms with Gasteiger partial charge in [0.05, 0.1) is 17.3 Å². The zero-order valence-electron chi connectivity index (χ0n) is 16.5. The van der Waals surface area contributed by atoms with E-state index in [-0.39, 0.29) is 0 Å². The molecule has 0 bridgehead atoms. The Hall–Kier alpha value is -2.41. The number of para-hydroxylation sites is 1. The first kappa shape index (κ1) is 18.6. The summed E-state index contributed by atoms with van der Waals surface area (Å²) in [5.74, 6) is 1.65. The number of aryl methyl sites for hydroxylation is 1. The highest BCUT2D eigenvalue weighted by Crippen LogP contribution is 2.40. The monoisotopic (exact) mass is 422 g/mol. The Morgan fingerprint density at radius 2 is 2.10 bits per heavy atom. The van der Waals surface area contributed by atoms with E-state index in [1.807, 2.05) is 17.4 Å². The second-order valence-corrected chi connectivity index (χ2v) is 9.27. The van der Waals surface area contributed by atoms with Gasteiger partial charge in [-0.2, -0.15) is 0 Å². The van der Waals surface area contributed by atoms with Crippen LogP contribution in [-0.4, -0.2) is 30.1 Å². The summed E-state index contributed by atoms with van der Waals surface area (Å²) in [6, 6.07) is 14.7. The highest BCUT2D eigenvalue weighted by Gasteiger charge is 2.22. The lowest BCUT2D eigenvalue weighted by atomic mass is 10.1. The maximum Gasteiger partial charge on any atom is 0.165 e. The highest BCUT2D eigenvalue weighted by atomic mass is 32.1. The van der Waals surface area contributed by atoms with E-state index < -0.39 is 0 Å². The average molecular weight is 423 g/mol. The molecule has 0 fully saturated rings. The van der Waals surface area contributed by atoms with Gasteiger partial charge in [0.2, 0.25) is 0 Å². The van der Waals surface area contributed by atoms with Crippen LogP contribution in [-0.2, 0) is 13.1 Å². The maximum atomic E-state index is 6.12. The first-order valence-electron chi connectivity index (χ1n) is 9.66. The largest absolute Gasteiger partial charge is 0.493 e. The molecule has 2 aromatic heterocycles. The molecule has 0 amide bonds. The minimum atomic E-state index is 0.661. The molecule has 1 aliphatic heterocycles. The topological polar surface area (TPSA) is 34.6 Å². The van der Waals surface area contributed by atoms with Crippen molar-refractivity contribution < 1.29 is 9.47 Å². The van der Waals surface area contributed by atoms with Crippen LogP contribution in [0.2, 0.25) is 0 Å². The summed E-state index contributed by atoms with van der Waals surface area (Å²) in [5, 5.41) is 3.18. The number of methoxy groups -OCH3 is 1. The summed E-state index contributed by atoms with van der Waals surface area (Å²) in [6.45, 7) is 5.52. The number of aromatic nitrogens is 1. The number of rotatable bonds is 4. The van der Waals surface area contributed by atoms with Crippen molar-refractivity contribution in [3.8, 4) is 22.1 Å². The maximum absolute atomic E-state index is 6.12. The molecular weight excluding hydrogens is 400 g/mol. The fraction of sp³-hybridized carbons (Fsp3) is 0.261. The summed E-state index contributed by atoms with van der Waals surface area (Å²) >= 11 is 3.54. The summed E-state index contributed by atoms with van der Waals surface area (Å²) in [4.78, 5) is 8.70. The van der Waals surface area contributed by atoms with Gasteiger partial charge in [0.15, 0.2) is 11.5 Å². The van der Waals surface area contributed by atoms with Crippen LogP contribution < -0.4 is 9.47 Å². The van der Waals surface area contributed by atoms with Gasteiger partial charge in [-0.05, 0) is 48.2 Å². The van der Waals surface area contributed by atoms with Gasteiger partial charge in [-0.3, -0.25) is 4.90 Å². The van der Waals surface area contributed by atoms with Crippen molar-refractivity contribution in [3.63, 3.8) is 0 Å². The van der Waals surface area contributed by atoms with E-state index in [9.17, 15) is 0 Å². The normalized spacial score (nSPS) is 14.4. The lowest BCUT2D eigenvalue weighted by molar-refractivity contribution is 0.218.